The van der Waals surface area contributed by atoms with Crippen LogP contribution in [-0.4, -0.2) is 30.7 Å². The molecule has 0 bridgehead atoms. The number of nitrogens with zero attached hydrogens (tertiary/aromatic N) is 1. The van der Waals surface area contributed by atoms with E-state index in [9.17, 15) is 0 Å². The second kappa shape index (κ2) is 27.8. The highest BCUT2D eigenvalue weighted by Gasteiger charge is 2.25. The first kappa shape index (κ1) is 37.9. The van der Waals surface area contributed by atoms with Crippen LogP contribution in [-0.2, 0) is 0 Å². The highest BCUT2D eigenvalue weighted by atomic mass is 35.5. The van der Waals surface area contributed by atoms with Crippen molar-refractivity contribution in [1.82, 2.24) is 0 Å². The molecular formula is C34H68ClN. The van der Waals surface area contributed by atoms with Gasteiger partial charge in [-0.05, 0) is 78.2 Å². The van der Waals surface area contributed by atoms with Gasteiger partial charge in [-0.3, -0.25) is 0 Å². The summed E-state index contributed by atoms with van der Waals surface area (Å²) in [5.41, 5.74) is 3.07. The van der Waals surface area contributed by atoms with Crippen LogP contribution in [0.5, 0.6) is 0 Å². The van der Waals surface area contributed by atoms with Crippen LogP contribution in [0.2, 0.25) is 0 Å². The number of hydrogen-bond donors (Lipinski definition) is 0. The number of quaternary nitrogens is 1. The van der Waals surface area contributed by atoms with Crippen molar-refractivity contribution < 1.29 is 16.9 Å². The lowest BCUT2D eigenvalue weighted by atomic mass is 10.0. The molecule has 0 atom stereocenters. The van der Waals surface area contributed by atoms with Gasteiger partial charge in [0.25, 0.3) is 0 Å². The van der Waals surface area contributed by atoms with E-state index in [1.807, 2.05) is 0 Å². The summed E-state index contributed by atoms with van der Waals surface area (Å²) < 4.78 is 1.37. The predicted molar refractivity (Wildman–Crippen MR) is 162 cm³/mol. The molecule has 0 rings (SSSR count). The molecule has 0 saturated heterocycles. The smallest absolute Gasteiger partial charge is 0.0976 e. The Kier molecular flexibility index (Phi) is 29.2. The Balaban J connectivity index is 0. The monoisotopic (exact) mass is 526 g/mol. The Morgan fingerprint density at radius 1 is 0.500 bits per heavy atom. The van der Waals surface area contributed by atoms with Gasteiger partial charge >= 0.3 is 0 Å². The molecule has 216 valence electrons. The van der Waals surface area contributed by atoms with Gasteiger partial charge < -0.3 is 16.9 Å². The largest absolute Gasteiger partial charge is 1.00 e. The van der Waals surface area contributed by atoms with Crippen LogP contribution in [0.4, 0.5) is 0 Å². The zero-order chi connectivity index (χ0) is 26.0. The van der Waals surface area contributed by atoms with Gasteiger partial charge in [-0.25, -0.2) is 0 Å². The molecule has 0 aliphatic rings. The first-order chi connectivity index (χ1) is 17.0. The summed E-state index contributed by atoms with van der Waals surface area (Å²) in [5, 5.41) is 0. The van der Waals surface area contributed by atoms with E-state index < -0.39 is 0 Å². The molecule has 0 N–H and O–H groups in total. The number of rotatable bonds is 26. The van der Waals surface area contributed by atoms with Crippen molar-refractivity contribution >= 4 is 0 Å². The van der Waals surface area contributed by atoms with Crippen LogP contribution in [0.3, 0.4) is 0 Å². The molecule has 0 aromatic heterocycles. The Bertz CT molecular complexity index is 463. The van der Waals surface area contributed by atoms with Crippen molar-refractivity contribution in [3.05, 3.63) is 23.3 Å². The molecule has 2 heteroatoms. The molecule has 0 aromatic rings. The number of hydrogen-bond acceptors (Lipinski definition) is 0. The maximum Gasteiger partial charge on any atom is 0.0976 e. The van der Waals surface area contributed by atoms with Gasteiger partial charge in [-0.15, -0.1) is 0 Å². The van der Waals surface area contributed by atoms with E-state index in [0.717, 1.165) is 0 Å². The van der Waals surface area contributed by atoms with Crippen molar-refractivity contribution in [2.45, 2.75) is 170 Å². The normalized spacial score (nSPS) is 12.0. The highest BCUT2D eigenvalue weighted by Crippen LogP contribution is 2.20. The third kappa shape index (κ3) is 24.1. The van der Waals surface area contributed by atoms with Gasteiger partial charge in [0.1, 0.15) is 0 Å². The average molecular weight is 526 g/mol. The minimum Gasteiger partial charge on any atom is -1.00 e. The van der Waals surface area contributed by atoms with Crippen molar-refractivity contribution in [2.24, 2.45) is 0 Å². The van der Waals surface area contributed by atoms with Crippen LogP contribution >= 0.6 is 0 Å². The molecule has 0 heterocycles. The maximum atomic E-state index is 2.64. The molecule has 1 nitrogen and oxygen atoms in total. The third-order valence-electron chi connectivity index (χ3n) is 7.88. The molecule has 0 aliphatic carbocycles. The molecule has 0 radical (unpaired) electrons. The summed E-state index contributed by atoms with van der Waals surface area (Å²) in [5.74, 6) is 0. The van der Waals surface area contributed by atoms with Gasteiger partial charge in [0.2, 0.25) is 0 Å². The quantitative estimate of drug-likeness (QED) is 0.0602. The molecular weight excluding hydrogens is 458 g/mol. The second-order valence-electron chi connectivity index (χ2n) is 11.9. The number of halogens is 1. The van der Waals surface area contributed by atoms with Crippen LogP contribution < -0.4 is 12.4 Å². The summed E-state index contributed by atoms with van der Waals surface area (Å²) in [7, 11) is 0. The Labute approximate surface area is 236 Å². The first-order valence-corrected chi connectivity index (χ1v) is 16.1. The van der Waals surface area contributed by atoms with Crippen molar-refractivity contribution in [1.29, 1.82) is 0 Å². The zero-order valence-corrected chi connectivity index (χ0v) is 26.7. The SMILES string of the molecule is CCCCCCCC[N+](C/C=C(\C)CCC=C(C)C)(CCCCCCCC)CCCCCCCC.[Cl-]. The van der Waals surface area contributed by atoms with E-state index in [-0.39, 0.29) is 12.4 Å². The van der Waals surface area contributed by atoms with Gasteiger partial charge in [0.05, 0.1) is 26.2 Å². The van der Waals surface area contributed by atoms with E-state index in [1.165, 1.54) is 165 Å². The molecule has 36 heavy (non-hydrogen) atoms. The maximum absolute atomic E-state index is 2.64. The van der Waals surface area contributed by atoms with Crippen molar-refractivity contribution in [3.8, 4) is 0 Å². The first-order valence-electron chi connectivity index (χ1n) is 16.1. The molecule has 0 saturated carbocycles. The minimum absolute atomic E-state index is 0. The molecule has 0 spiro atoms. The van der Waals surface area contributed by atoms with Crippen LogP contribution in [0.1, 0.15) is 170 Å². The molecule has 0 aromatic carbocycles. The van der Waals surface area contributed by atoms with Gasteiger partial charge in [0.15, 0.2) is 0 Å². The fourth-order valence-corrected chi connectivity index (χ4v) is 5.33. The van der Waals surface area contributed by atoms with E-state index in [0.29, 0.717) is 0 Å². The van der Waals surface area contributed by atoms with Crippen molar-refractivity contribution in [2.75, 3.05) is 26.2 Å². The lowest BCUT2D eigenvalue weighted by Crippen LogP contribution is -3.00. The summed E-state index contributed by atoms with van der Waals surface area (Å²) >= 11 is 0. The Morgan fingerprint density at radius 3 is 1.22 bits per heavy atom. The Hall–Kier alpha value is -0.270. The number of unbranched alkanes of at least 4 members (excludes halogenated alkanes) is 15. The summed E-state index contributed by atoms with van der Waals surface area (Å²) in [6, 6.07) is 0. The second-order valence-corrected chi connectivity index (χ2v) is 11.9. The van der Waals surface area contributed by atoms with Gasteiger partial charge in [-0.2, -0.15) is 0 Å². The highest BCUT2D eigenvalue weighted by molar-refractivity contribution is 5.02. The van der Waals surface area contributed by atoms with Crippen LogP contribution in [0.15, 0.2) is 23.3 Å². The average Bonchev–Trinajstić information content (AvgIpc) is 2.84. The molecule has 0 unspecified atom stereocenters. The molecule has 0 amide bonds. The molecule has 0 aliphatic heterocycles. The van der Waals surface area contributed by atoms with E-state index in [4.69, 9.17) is 0 Å². The fourth-order valence-electron chi connectivity index (χ4n) is 5.33. The van der Waals surface area contributed by atoms with Crippen molar-refractivity contribution in [3.63, 3.8) is 0 Å². The van der Waals surface area contributed by atoms with Crippen LogP contribution in [0.25, 0.3) is 0 Å². The van der Waals surface area contributed by atoms with Crippen LogP contribution in [0, 0.1) is 0 Å². The van der Waals surface area contributed by atoms with E-state index in [1.54, 1.807) is 5.57 Å². The summed E-state index contributed by atoms with van der Waals surface area (Å²) in [6.07, 6.45) is 33.1. The standard InChI is InChI=1S/C34H68N.ClH/c1-7-10-13-16-19-22-29-35(30-23-20-17-14-11-8-2,31-24-21-18-15-12-9-3)32-28-34(6)27-25-26-33(4)5;/h26,28H,7-25,27,29-32H2,1-6H3;1H/q+1;/p-1/b34-28+;. The van der Waals surface area contributed by atoms with E-state index >= 15 is 0 Å². The lowest BCUT2D eigenvalue weighted by molar-refractivity contribution is -0.923. The molecule has 0 fully saturated rings. The Morgan fingerprint density at radius 2 is 0.861 bits per heavy atom. The van der Waals surface area contributed by atoms with Gasteiger partial charge in [0, 0.05) is 0 Å². The number of allylic oxidation sites excluding steroid dienone is 3. The zero-order valence-electron chi connectivity index (χ0n) is 26.0. The van der Waals surface area contributed by atoms with E-state index in [2.05, 4.69) is 53.7 Å². The third-order valence-corrected chi connectivity index (χ3v) is 7.88. The lowest BCUT2D eigenvalue weighted by Gasteiger charge is -2.39. The predicted octanol–water partition coefficient (Wildman–Crippen LogP) is 8.58. The summed E-state index contributed by atoms with van der Waals surface area (Å²) in [6.45, 7) is 19.3. The topological polar surface area (TPSA) is 0 Å². The fraction of sp³-hybridized carbons (Fsp3) is 0.882. The van der Waals surface area contributed by atoms with Gasteiger partial charge in [-0.1, -0.05) is 115 Å². The minimum atomic E-state index is 0. The summed E-state index contributed by atoms with van der Waals surface area (Å²) in [4.78, 5) is 0.